The fraction of sp³-hybridized carbons (Fsp3) is 0.333. The number of anilines is 1. The highest BCUT2D eigenvalue weighted by Gasteiger charge is 2.33. The molecule has 1 heterocycles. The van der Waals surface area contributed by atoms with E-state index in [0.717, 1.165) is 23.1 Å². The quantitative estimate of drug-likeness (QED) is 0.387. The number of ether oxygens (including phenoxy) is 1. The molecule has 3 aromatic carbocycles. The molecule has 0 amide bonds. The molecule has 30 heavy (non-hydrogen) atoms. The van der Waals surface area contributed by atoms with Crippen molar-refractivity contribution in [3.8, 4) is 5.75 Å². The molecule has 1 aliphatic rings. The molecule has 156 valence electrons. The van der Waals surface area contributed by atoms with Crippen LogP contribution >= 0.6 is 15.9 Å². The SMILES string of the molecule is COc1ccc2c(c1)CC(c1ccc(Br)cc1)N(c1ccc(CC(C)C)cc1)C2C. The molecule has 3 heteroatoms. The monoisotopic (exact) mass is 463 g/mol. The third kappa shape index (κ3) is 4.27. The molecule has 1 aliphatic heterocycles. The van der Waals surface area contributed by atoms with Crippen molar-refractivity contribution in [1.82, 2.24) is 0 Å². The summed E-state index contributed by atoms with van der Waals surface area (Å²) >= 11 is 3.58. The molecular formula is C27H30BrNO. The molecule has 0 N–H and O–H groups in total. The van der Waals surface area contributed by atoms with Crippen molar-refractivity contribution in [1.29, 1.82) is 0 Å². The van der Waals surface area contributed by atoms with Gasteiger partial charge in [-0.25, -0.2) is 0 Å². The van der Waals surface area contributed by atoms with Gasteiger partial charge in [-0.2, -0.15) is 0 Å². The first-order chi connectivity index (χ1) is 14.5. The molecule has 0 spiro atoms. The van der Waals surface area contributed by atoms with E-state index >= 15 is 0 Å². The second-order valence-corrected chi connectivity index (χ2v) is 9.60. The van der Waals surface area contributed by atoms with Gasteiger partial charge in [-0.3, -0.25) is 0 Å². The minimum Gasteiger partial charge on any atom is -0.497 e. The van der Waals surface area contributed by atoms with Crippen molar-refractivity contribution in [2.24, 2.45) is 5.92 Å². The summed E-state index contributed by atoms with van der Waals surface area (Å²) in [4.78, 5) is 2.58. The first-order valence-electron chi connectivity index (χ1n) is 10.8. The maximum Gasteiger partial charge on any atom is 0.119 e. The van der Waals surface area contributed by atoms with Gasteiger partial charge in [0.15, 0.2) is 0 Å². The minimum absolute atomic E-state index is 0.281. The zero-order chi connectivity index (χ0) is 21.3. The van der Waals surface area contributed by atoms with Crippen molar-refractivity contribution in [2.75, 3.05) is 12.0 Å². The number of benzene rings is 3. The van der Waals surface area contributed by atoms with E-state index in [-0.39, 0.29) is 12.1 Å². The lowest BCUT2D eigenvalue weighted by molar-refractivity contribution is 0.412. The van der Waals surface area contributed by atoms with Crippen LogP contribution in [0.5, 0.6) is 5.75 Å². The molecule has 2 nitrogen and oxygen atoms in total. The van der Waals surface area contributed by atoms with Gasteiger partial charge >= 0.3 is 0 Å². The summed E-state index contributed by atoms with van der Waals surface area (Å²) in [6.45, 7) is 6.86. The average Bonchev–Trinajstić information content (AvgIpc) is 2.74. The smallest absolute Gasteiger partial charge is 0.119 e. The molecule has 0 bridgehead atoms. The van der Waals surface area contributed by atoms with Crippen LogP contribution in [0.3, 0.4) is 0 Å². The topological polar surface area (TPSA) is 12.5 Å². The molecule has 0 saturated carbocycles. The molecule has 0 saturated heterocycles. The molecule has 0 aliphatic carbocycles. The number of halogens is 1. The predicted molar refractivity (Wildman–Crippen MR) is 129 cm³/mol. The Morgan fingerprint density at radius 2 is 1.70 bits per heavy atom. The second kappa shape index (κ2) is 8.85. The van der Waals surface area contributed by atoms with Crippen molar-refractivity contribution >= 4 is 21.6 Å². The van der Waals surface area contributed by atoms with Crippen LogP contribution in [0.4, 0.5) is 5.69 Å². The van der Waals surface area contributed by atoms with Gasteiger partial charge in [0.1, 0.15) is 5.75 Å². The lowest BCUT2D eigenvalue weighted by atomic mass is 9.85. The number of rotatable bonds is 5. The summed E-state index contributed by atoms with van der Waals surface area (Å²) in [7, 11) is 1.74. The summed E-state index contributed by atoms with van der Waals surface area (Å²) in [6.07, 6.45) is 2.08. The van der Waals surface area contributed by atoms with Gasteiger partial charge in [0, 0.05) is 10.2 Å². The lowest BCUT2D eigenvalue weighted by Crippen LogP contribution is -2.37. The van der Waals surface area contributed by atoms with Gasteiger partial charge in [-0.15, -0.1) is 0 Å². The third-order valence-corrected chi connectivity index (χ3v) is 6.63. The summed E-state index contributed by atoms with van der Waals surface area (Å²) in [5.41, 5.74) is 6.79. The normalized spacial score (nSPS) is 18.4. The van der Waals surface area contributed by atoms with Crippen molar-refractivity contribution in [3.63, 3.8) is 0 Å². The van der Waals surface area contributed by atoms with Crippen molar-refractivity contribution < 1.29 is 4.74 Å². The maximum atomic E-state index is 5.51. The molecule has 0 fully saturated rings. The first kappa shape index (κ1) is 21.0. The highest BCUT2D eigenvalue weighted by atomic mass is 79.9. The van der Waals surface area contributed by atoms with E-state index in [1.54, 1.807) is 7.11 Å². The van der Waals surface area contributed by atoms with E-state index in [1.807, 2.05) is 0 Å². The summed E-state index contributed by atoms with van der Waals surface area (Å²) in [6, 6.07) is 25.1. The van der Waals surface area contributed by atoms with Crippen LogP contribution in [-0.4, -0.2) is 7.11 Å². The Morgan fingerprint density at radius 3 is 2.33 bits per heavy atom. The van der Waals surface area contributed by atoms with Crippen molar-refractivity contribution in [2.45, 2.75) is 45.7 Å². The molecular weight excluding hydrogens is 434 g/mol. The molecule has 0 aromatic heterocycles. The van der Waals surface area contributed by atoms with Crippen LogP contribution in [-0.2, 0) is 12.8 Å². The minimum atomic E-state index is 0.281. The van der Waals surface area contributed by atoms with Crippen LogP contribution in [0.1, 0.15) is 55.1 Å². The summed E-state index contributed by atoms with van der Waals surface area (Å²) < 4.78 is 6.62. The van der Waals surface area contributed by atoms with Crippen LogP contribution in [0, 0.1) is 5.92 Å². The van der Waals surface area contributed by atoms with E-state index in [0.29, 0.717) is 5.92 Å². The number of hydrogen-bond donors (Lipinski definition) is 0. The highest BCUT2D eigenvalue weighted by Crippen LogP contribution is 2.44. The van der Waals surface area contributed by atoms with Gasteiger partial charge in [0.25, 0.3) is 0 Å². The highest BCUT2D eigenvalue weighted by molar-refractivity contribution is 9.10. The van der Waals surface area contributed by atoms with Gasteiger partial charge < -0.3 is 9.64 Å². The van der Waals surface area contributed by atoms with E-state index < -0.39 is 0 Å². The second-order valence-electron chi connectivity index (χ2n) is 8.68. The number of methoxy groups -OCH3 is 1. The molecule has 2 unspecified atom stereocenters. The lowest BCUT2D eigenvalue weighted by Gasteiger charge is -2.44. The number of hydrogen-bond acceptors (Lipinski definition) is 2. The Labute approximate surface area is 189 Å². The molecule has 3 aromatic rings. The Hall–Kier alpha value is -2.26. The van der Waals surface area contributed by atoms with E-state index in [9.17, 15) is 0 Å². The average molecular weight is 464 g/mol. The Bertz CT molecular complexity index is 994. The molecule has 4 rings (SSSR count). The van der Waals surface area contributed by atoms with E-state index in [4.69, 9.17) is 4.74 Å². The zero-order valence-electron chi connectivity index (χ0n) is 18.2. The third-order valence-electron chi connectivity index (χ3n) is 6.10. The van der Waals surface area contributed by atoms with Gasteiger partial charge in [-0.05, 0) is 84.3 Å². The summed E-state index contributed by atoms with van der Waals surface area (Å²) in [5, 5.41) is 0. The first-order valence-corrected chi connectivity index (χ1v) is 11.5. The fourth-order valence-electron chi connectivity index (χ4n) is 4.66. The Kier molecular flexibility index (Phi) is 6.19. The zero-order valence-corrected chi connectivity index (χ0v) is 19.8. The number of nitrogens with zero attached hydrogens (tertiary/aromatic N) is 1. The summed E-state index contributed by atoms with van der Waals surface area (Å²) in [5.74, 6) is 1.60. The van der Waals surface area contributed by atoms with Crippen LogP contribution < -0.4 is 9.64 Å². The number of fused-ring (bicyclic) bond motifs is 1. The van der Waals surface area contributed by atoms with Crippen LogP contribution in [0.15, 0.2) is 71.2 Å². The molecule has 0 radical (unpaired) electrons. The standard InChI is InChI=1S/C27H30BrNO/c1-18(2)15-20-5-11-24(12-6-20)29-19(3)26-14-13-25(30-4)16-22(26)17-27(29)21-7-9-23(28)10-8-21/h5-14,16,18-19,27H,15,17H2,1-4H3. The Balaban J connectivity index is 1.76. The fourth-order valence-corrected chi connectivity index (χ4v) is 4.93. The Morgan fingerprint density at radius 1 is 1.00 bits per heavy atom. The maximum absolute atomic E-state index is 5.51. The van der Waals surface area contributed by atoms with E-state index in [2.05, 4.69) is 108 Å². The largest absolute Gasteiger partial charge is 0.497 e. The van der Waals surface area contributed by atoms with Gasteiger partial charge in [0.05, 0.1) is 19.2 Å². The van der Waals surface area contributed by atoms with Gasteiger partial charge in [0.2, 0.25) is 0 Å². The van der Waals surface area contributed by atoms with Crippen LogP contribution in [0.25, 0.3) is 0 Å². The van der Waals surface area contributed by atoms with Crippen LogP contribution in [0.2, 0.25) is 0 Å². The van der Waals surface area contributed by atoms with Crippen molar-refractivity contribution in [3.05, 3.63) is 93.5 Å². The molecule has 2 atom stereocenters. The predicted octanol–water partition coefficient (Wildman–Crippen LogP) is 7.52. The van der Waals surface area contributed by atoms with Gasteiger partial charge in [-0.1, -0.05) is 60.1 Å². The van der Waals surface area contributed by atoms with E-state index in [1.165, 1.54) is 27.9 Å².